The molecule has 3 rings (SSSR count). The molecule has 0 bridgehead atoms. The minimum absolute atomic E-state index is 0.0369. The zero-order chi connectivity index (χ0) is 14.8. The first-order chi connectivity index (χ1) is 10.1. The van der Waals surface area contributed by atoms with Crippen LogP contribution in [0, 0.1) is 0 Å². The maximum atomic E-state index is 5.65. The van der Waals surface area contributed by atoms with E-state index in [1.165, 1.54) is 23.4 Å². The second-order valence-corrected chi connectivity index (χ2v) is 4.65. The van der Waals surface area contributed by atoms with Crippen LogP contribution in [-0.2, 0) is 0 Å². The Balaban J connectivity index is 1.95. The van der Waals surface area contributed by atoms with Crippen molar-refractivity contribution >= 4 is 29.3 Å². The molecule has 0 unspecified atom stereocenters. The fraction of sp³-hybridized carbons (Fsp3) is 0. The van der Waals surface area contributed by atoms with Gasteiger partial charge in [0.25, 0.3) is 5.95 Å². The lowest BCUT2D eigenvalue weighted by Crippen LogP contribution is -2.08. The minimum Gasteiger partial charge on any atom is -0.383 e. The quantitative estimate of drug-likeness (QED) is 0.513. The van der Waals surface area contributed by atoms with Gasteiger partial charge in [0, 0.05) is 6.07 Å². The van der Waals surface area contributed by atoms with E-state index in [4.69, 9.17) is 17.2 Å². The maximum Gasteiger partial charge on any atom is 0.257 e. The molecule has 0 spiro atoms. The number of hydrogen-bond donors (Lipinski definition) is 3. The predicted molar refractivity (Wildman–Crippen MR) is 74.1 cm³/mol. The molecule has 0 aliphatic heterocycles. The Hall–Kier alpha value is -3.02. The fourth-order valence-electron chi connectivity index (χ4n) is 1.41. The molecule has 3 aromatic heterocycles. The highest BCUT2D eigenvalue weighted by Crippen LogP contribution is 2.23. The SMILES string of the molecule is Nc1cc(N)nc(Sc2nc(N)nc(-n3cncn3)n2)n1. The van der Waals surface area contributed by atoms with Crippen LogP contribution in [0.5, 0.6) is 0 Å². The van der Waals surface area contributed by atoms with Crippen molar-refractivity contribution in [2.75, 3.05) is 17.2 Å². The summed E-state index contributed by atoms with van der Waals surface area (Å²) in [6.45, 7) is 0. The Kier molecular flexibility index (Phi) is 3.19. The van der Waals surface area contributed by atoms with Gasteiger partial charge in [0.05, 0.1) is 0 Å². The first kappa shape index (κ1) is 13.0. The van der Waals surface area contributed by atoms with E-state index in [-0.39, 0.29) is 28.7 Å². The summed E-state index contributed by atoms with van der Waals surface area (Å²) in [5.74, 6) is 0.779. The summed E-state index contributed by atoms with van der Waals surface area (Å²) in [5.41, 5.74) is 16.9. The third-order valence-corrected chi connectivity index (χ3v) is 2.90. The predicted octanol–water partition coefficient (Wildman–Crippen LogP) is -0.860. The lowest BCUT2D eigenvalue weighted by molar-refractivity contribution is 0.762. The third kappa shape index (κ3) is 2.94. The van der Waals surface area contributed by atoms with Crippen molar-refractivity contribution in [3.63, 3.8) is 0 Å². The molecule has 0 radical (unpaired) electrons. The van der Waals surface area contributed by atoms with Gasteiger partial charge in [-0.05, 0) is 11.8 Å². The lowest BCUT2D eigenvalue weighted by Gasteiger charge is -2.04. The highest BCUT2D eigenvalue weighted by atomic mass is 32.2. The van der Waals surface area contributed by atoms with Crippen molar-refractivity contribution in [3.8, 4) is 5.95 Å². The van der Waals surface area contributed by atoms with Crippen LogP contribution in [0.2, 0.25) is 0 Å². The molecule has 3 aromatic rings. The van der Waals surface area contributed by atoms with E-state index in [2.05, 4.69) is 35.0 Å². The van der Waals surface area contributed by atoms with E-state index in [1.807, 2.05) is 0 Å². The van der Waals surface area contributed by atoms with Crippen LogP contribution < -0.4 is 17.2 Å². The second kappa shape index (κ2) is 5.16. The number of nitrogens with zero attached hydrogens (tertiary/aromatic N) is 8. The Morgan fingerprint density at radius 2 is 1.62 bits per heavy atom. The highest BCUT2D eigenvalue weighted by molar-refractivity contribution is 7.99. The molecule has 0 aromatic carbocycles. The van der Waals surface area contributed by atoms with Crippen molar-refractivity contribution in [1.82, 2.24) is 39.7 Å². The van der Waals surface area contributed by atoms with Crippen molar-refractivity contribution in [1.29, 1.82) is 0 Å². The normalized spacial score (nSPS) is 10.7. The van der Waals surface area contributed by atoms with Gasteiger partial charge < -0.3 is 17.2 Å². The van der Waals surface area contributed by atoms with Crippen molar-refractivity contribution in [2.45, 2.75) is 10.3 Å². The Morgan fingerprint density at radius 3 is 2.29 bits per heavy atom. The minimum atomic E-state index is 0.0369. The molecule has 0 amide bonds. The number of aromatic nitrogens is 8. The van der Waals surface area contributed by atoms with Crippen molar-refractivity contribution in [2.24, 2.45) is 0 Å². The van der Waals surface area contributed by atoms with Gasteiger partial charge in [-0.25, -0.2) is 15.0 Å². The molecule has 21 heavy (non-hydrogen) atoms. The number of nitrogens with two attached hydrogens (primary N) is 3. The van der Waals surface area contributed by atoms with Gasteiger partial charge in [-0.3, -0.25) is 0 Å². The molecule has 3 heterocycles. The first-order valence-electron chi connectivity index (χ1n) is 5.54. The molecule has 0 aliphatic carbocycles. The standard InChI is InChI=1S/C9H9N11S/c10-4-1-5(11)16-8(15-4)21-9-18-6(12)17-7(19-9)20-3-13-2-14-20/h1-3H,(H4,10,11,15,16)(H2,12,17,18,19). The number of rotatable bonds is 3. The molecule has 0 aliphatic rings. The summed E-state index contributed by atoms with van der Waals surface area (Å²) < 4.78 is 1.36. The van der Waals surface area contributed by atoms with Gasteiger partial charge >= 0.3 is 0 Å². The van der Waals surface area contributed by atoms with E-state index < -0.39 is 0 Å². The highest BCUT2D eigenvalue weighted by Gasteiger charge is 2.11. The molecular formula is C9H9N11S. The van der Waals surface area contributed by atoms with E-state index >= 15 is 0 Å². The summed E-state index contributed by atoms with van der Waals surface area (Å²) in [7, 11) is 0. The van der Waals surface area contributed by atoms with E-state index in [0.717, 1.165) is 11.8 Å². The molecule has 12 heteroatoms. The molecule has 0 saturated heterocycles. The summed E-state index contributed by atoms with van der Waals surface area (Å²) in [6.07, 6.45) is 2.80. The fourth-order valence-corrected chi connectivity index (χ4v) is 2.14. The number of anilines is 3. The molecule has 6 N–H and O–H groups in total. The van der Waals surface area contributed by atoms with Crippen LogP contribution in [0.4, 0.5) is 17.6 Å². The van der Waals surface area contributed by atoms with E-state index in [9.17, 15) is 0 Å². The zero-order valence-corrected chi connectivity index (χ0v) is 11.3. The van der Waals surface area contributed by atoms with Crippen molar-refractivity contribution < 1.29 is 0 Å². The summed E-state index contributed by atoms with van der Waals surface area (Å²) in [6, 6.07) is 1.45. The van der Waals surface area contributed by atoms with E-state index in [0.29, 0.717) is 5.16 Å². The first-order valence-corrected chi connectivity index (χ1v) is 6.36. The molecule has 0 fully saturated rings. The lowest BCUT2D eigenvalue weighted by atomic mass is 10.5. The van der Waals surface area contributed by atoms with Crippen LogP contribution in [0.15, 0.2) is 29.0 Å². The third-order valence-electron chi connectivity index (χ3n) is 2.17. The number of hydrogen-bond acceptors (Lipinski definition) is 11. The van der Waals surface area contributed by atoms with Gasteiger partial charge in [-0.2, -0.15) is 24.7 Å². The zero-order valence-electron chi connectivity index (χ0n) is 10.5. The smallest absolute Gasteiger partial charge is 0.257 e. The molecular weight excluding hydrogens is 294 g/mol. The van der Waals surface area contributed by atoms with Gasteiger partial charge in [-0.1, -0.05) is 0 Å². The average molecular weight is 303 g/mol. The van der Waals surface area contributed by atoms with Gasteiger partial charge in [0.15, 0.2) is 5.16 Å². The summed E-state index contributed by atoms with van der Waals surface area (Å²) >= 11 is 1.06. The Morgan fingerprint density at radius 1 is 0.905 bits per heavy atom. The maximum absolute atomic E-state index is 5.65. The van der Waals surface area contributed by atoms with Gasteiger partial charge in [-0.15, -0.1) is 0 Å². The largest absolute Gasteiger partial charge is 0.383 e. The topological polar surface area (TPSA) is 173 Å². The molecule has 106 valence electrons. The van der Waals surface area contributed by atoms with Crippen LogP contribution in [0.1, 0.15) is 0 Å². The van der Waals surface area contributed by atoms with Crippen LogP contribution in [0.25, 0.3) is 5.95 Å². The number of nitrogen functional groups attached to an aromatic ring is 3. The monoisotopic (exact) mass is 303 g/mol. The molecule has 0 saturated carbocycles. The van der Waals surface area contributed by atoms with Crippen molar-refractivity contribution in [3.05, 3.63) is 18.7 Å². The van der Waals surface area contributed by atoms with Crippen LogP contribution in [-0.4, -0.2) is 39.7 Å². The van der Waals surface area contributed by atoms with E-state index in [1.54, 1.807) is 0 Å². The second-order valence-electron chi connectivity index (χ2n) is 3.72. The van der Waals surface area contributed by atoms with Gasteiger partial charge in [0.1, 0.15) is 24.3 Å². The average Bonchev–Trinajstić information content (AvgIpc) is 2.90. The van der Waals surface area contributed by atoms with Crippen LogP contribution >= 0.6 is 11.8 Å². The Labute approximate surface area is 122 Å². The molecule has 11 nitrogen and oxygen atoms in total. The summed E-state index contributed by atoms with van der Waals surface area (Å²) in [5, 5.41) is 4.52. The summed E-state index contributed by atoms with van der Waals surface area (Å²) in [4.78, 5) is 24.0. The van der Waals surface area contributed by atoms with Gasteiger partial charge in [0.2, 0.25) is 11.1 Å². The van der Waals surface area contributed by atoms with Crippen LogP contribution in [0.3, 0.4) is 0 Å². The Bertz CT molecular complexity index is 751. The molecule has 0 atom stereocenters.